The molecule has 0 atom stereocenters. The average molecular weight is 214 g/mol. The lowest BCUT2D eigenvalue weighted by Crippen LogP contribution is -2.34. The number of carbonyl (C=O) groups is 1. The molecule has 5 heteroatoms. The van der Waals surface area contributed by atoms with Crippen LogP contribution in [0.1, 0.15) is 5.56 Å². The summed E-state index contributed by atoms with van der Waals surface area (Å²) < 4.78 is 25.6. The Hall–Kier alpha value is -1.65. The number of nitrogens with one attached hydrogen (secondary N) is 2. The van der Waals surface area contributed by atoms with Gasteiger partial charge >= 0.3 is 6.03 Å². The van der Waals surface area contributed by atoms with Gasteiger partial charge in [0.1, 0.15) is 11.6 Å². The second-order valence-corrected chi connectivity index (χ2v) is 2.99. The Morgan fingerprint density at radius 2 is 2.13 bits per heavy atom. The molecule has 0 heterocycles. The van der Waals surface area contributed by atoms with Gasteiger partial charge in [0.2, 0.25) is 0 Å². The Labute approximate surface area is 86.5 Å². The van der Waals surface area contributed by atoms with Crippen molar-refractivity contribution >= 4 is 6.03 Å². The van der Waals surface area contributed by atoms with E-state index >= 15 is 0 Å². The van der Waals surface area contributed by atoms with E-state index in [0.29, 0.717) is 18.5 Å². The summed E-state index contributed by atoms with van der Waals surface area (Å²) in [6.45, 7) is 0.308. The van der Waals surface area contributed by atoms with E-state index in [1.807, 2.05) is 0 Å². The van der Waals surface area contributed by atoms with Crippen molar-refractivity contribution in [2.75, 3.05) is 13.6 Å². The second kappa shape index (κ2) is 5.29. The predicted octanol–water partition coefficient (Wildman–Crippen LogP) is 1.44. The fourth-order valence-corrected chi connectivity index (χ4v) is 1.12. The number of benzene rings is 1. The molecule has 15 heavy (non-hydrogen) atoms. The highest BCUT2D eigenvalue weighted by Crippen LogP contribution is 2.09. The lowest BCUT2D eigenvalue weighted by Gasteiger charge is -2.05. The smallest absolute Gasteiger partial charge is 0.314 e. The Kier molecular flexibility index (Phi) is 4.03. The molecule has 0 saturated carbocycles. The van der Waals surface area contributed by atoms with E-state index in [-0.39, 0.29) is 6.03 Å². The molecule has 2 amide bonds. The number of carbonyl (C=O) groups excluding carboxylic acids is 1. The van der Waals surface area contributed by atoms with Crippen LogP contribution in [-0.2, 0) is 6.42 Å². The van der Waals surface area contributed by atoms with Crippen molar-refractivity contribution in [1.29, 1.82) is 0 Å². The van der Waals surface area contributed by atoms with Gasteiger partial charge in [-0.1, -0.05) is 6.07 Å². The molecule has 0 unspecified atom stereocenters. The van der Waals surface area contributed by atoms with Crippen molar-refractivity contribution in [2.24, 2.45) is 0 Å². The van der Waals surface area contributed by atoms with Gasteiger partial charge in [0.05, 0.1) is 0 Å². The first-order chi connectivity index (χ1) is 7.13. The molecular formula is C10H12F2N2O. The van der Waals surface area contributed by atoms with Crippen LogP contribution in [0.4, 0.5) is 13.6 Å². The maximum absolute atomic E-state index is 13.1. The summed E-state index contributed by atoms with van der Waals surface area (Å²) in [4.78, 5) is 10.8. The summed E-state index contributed by atoms with van der Waals surface area (Å²) in [5.74, 6) is -1.19. The van der Waals surface area contributed by atoms with Crippen molar-refractivity contribution in [3.63, 3.8) is 0 Å². The Morgan fingerprint density at radius 1 is 1.40 bits per heavy atom. The molecule has 82 valence electrons. The van der Waals surface area contributed by atoms with E-state index in [4.69, 9.17) is 0 Å². The van der Waals surface area contributed by atoms with E-state index in [1.165, 1.54) is 19.2 Å². The monoisotopic (exact) mass is 214 g/mol. The zero-order chi connectivity index (χ0) is 11.3. The molecule has 0 spiro atoms. The normalized spacial score (nSPS) is 9.80. The van der Waals surface area contributed by atoms with Crippen LogP contribution in [0.5, 0.6) is 0 Å². The Morgan fingerprint density at radius 3 is 2.73 bits per heavy atom. The van der Waals surface area contributed by atoms with Crippen LogP contribution < -0.4 is 10.6 Å². The largest absolute Gasteiger partial charge is 0.341 e. The lowest BCUT2D eigenvalue weighted by atomic mass is 10.1. The highest BCUT2D eigenvalue weighted by molar-refractivity contribution is 5.73. The zero-order valence-electron chi connectivity index (χ0n) is 8.31. The van der Waals surface area contributed by atoms with Crippen molar-refractivity contribution < 1.29 is 13.6 Å². The molecule has 0 radical (unpaired) electrons. The second-order valence-electron chi connectivity index (χ2n) is 2.99. The number of rotatable bonds is 3. The fourth-order valence-electron chi connectivity index (χ4n) is 1.12. The highest BCUT2D eigenvalue weighted by atomic mass is 19.1. The summed E-state index contributed by atoms with van der Waals surface area (Å²) in [5, 5.41) is 4.88. The summed E-state index contributed by atoms with van der Waals surface area (Å²) >= 11 is 0. The third-order valence-electron chi connectivity index (χ3n) is 1.92. The van der Waals surface area contributed by atoms with Gasteiger partial charge in [0.15, 0.2) is 0 Å². The first-order valence-electron chi connectivity index (χ1n) is 4.53. The molecule has 0 aliphatic heterocycles. The molecular weight excluding hydrogens is 202 g/mol. The van der Waals surface area contributed by atoms with Crippen molar-refractivity contribution in [3.8, 4) is 0 Å². The van der Waals surface area contributed by atoms with E-state index < -0.39 is 11.6 Å². The van der Waals surface area contributed by atoms with E-state index in [0.717, 1.165) is 6.07 Å². The molecule has 1 aromatic carbocycles. The summed E-state index contributed by atoms with van der Waals surface area (Å²) in [5.41, 5.74) is 0.382. The average Bonchev–Trinajstić information content (AvgIpc) is 2.21. The van der Waals surface area contributed by atoms with Gasteiger partial charge < -0.3 is 10.6 Å². The molecule has 0 saturated heterocycles. The third kappa shape index (κ3) is 3.53. The molecule has 0 fully saturated rings. The molecule has 2 N–H and O–H groups in total. The van der Waals surface area contributed by atoms with Gasteiger partial charge in [-0.3, -0.25) is 0 Å². The maximum atomic E-state index is 13.1. The topological polar surface area (TPSA) is 41.1 Å². The number of hydrogen-bond acceptors (Lipinski definition) is 1. The number of halogens is 2. The van der Waals surface area contributed by atoms with Crippen LogP contribution in [0.2, 0.25) is 0 Å². The van der Waals surface area contributed by atoms with Gasteiger partial charge in [-0.05, 0) is 18.1 Å². The van der Waals surface area contributed by atoms with E-state index in [9.17, 15) is 13.6 Å². The van der Waals surface area contributed by atoms with Crippen LogP contribution in [0.15, 0.2) is 18.2 Å². The Balaban J connectivity index is 2.47. The summed E-state index contributed by atoms with van der Waals surface area (Å²) in [7, 11) is 1.49. The number of hydrogen-bond donors (Lipinski definition) is 2. The number of amides is 2. The highest BCUT2D eigenvalue weighted by Gasteiger charge is 2.03. The standard InChI is InChI=1S/C10H12F2N2O/c1-13-10(15)14-5-4-7-2-3-8(11)6-9(7)12/h2-3,6H,4-5H2,1H3,(H2,13,14,15). The molecule has 0 aliphatic rings. The molecule has 1 aromatic rings. The maximum Gasteiger partial charge on any atom is 0.314 e. The predicted molar refractivity (Wildman–Crippen MR) is 52.5 cm³/mol. The Bertz CT molecular complexity index is 355. The molecule has 1 rings (SSSR count). The lowest BCUT2D eigenvalue weighted by molar-refractivity contribution is 0.243. The minimum absolute atomic E-state index is 0.308. The molecule has 3 nitrogen and oxygen atoms in total. The van der Waals surface area contributed by atoms with E-state index in [2.05, 4.69) is 10.6 Å². The van der Waals surface area contributed by atoms with E-state index in [1.54, 1.807) is 0 Å². The van der Waals surface area contributed by atoms with Gasteiger partial charge in [-0.25, -0.2) is 13.6 Å². The SMILES string of the molecule is CNC(=O)NCCc1ccc(F)cc1F. The van der Waals surface area contributed by atoms with Crippen LogP contribution in [0, 0.1) is 11.6 Å². The summed E-state index contributed by atoms with van der Waals surface area (Å²) in [6.07, 6.45) is 0.333. The summed E-state index contributed by atoms with van der Waals surface area (Å²) in [6, 6.07) is 3.07. The van der Waals surface area contributed by atoms with Gasteiger partial charge in [-0.2, -0.15) is 0 Å². The van der Waals surface area contributed by atoms with Crippen molar-refractivity contribution in [1.82, 2.24) is 10.6 Å². The van der Waals surface area contributed by atoms with Gasteiger partial charge in [0.25, 0.3) is 0 Å². The first kappa shape index (κ1) is 11.4. The van der Waals surface area contributed by atoms with Gasteiger partial charge in [0, 0.05) is 19.7 Å². The first-order valence-corrected chi connectivity index (χ1v) is 4.53. The molecule has 0 aromatic heterocycles. The number of urea groups is 1. The van der Waals surface area contributed by atoms with Crippen LogP contribution in [0.3, 0.4) is 0 Å². The fraction of sp³-hybridized carbons (Fsp3) is 0.300. The van der Waals surface area contributed by atoms with Crippen LogP contribution in [-0.4, -0.2) is 19.6 Å². The molecule has 0 bridgehead atoms. The van der Waals surface area contributed by atoms with Gasteiger partial charge in [-0.15, -0.1) is 0 Å². The van der Waals surface area contributed by atoms with Crippen molar-refractivity contribution in [3.05, 3.63) is 35.4 Å². The van der Waals surface area contributed by atoms with Crippen molar-refractivity contribution in [2.45, 2.75) is 6.42 Å². The van der Waals surface area contributed by atoms with Crippen LogP contribution >= 0.6 is 0 Å². The zero-order valence-corrected chi connectivity index (χ0v) is 8.31. The minimum atomic E-state index is -0.601. The third-order valence-corrected chi connectivity index (χ3v) is 1.92. The van der Waals surface area contributed by atoms with Crippen LogP contribution in [0.25, 0.3) is 0 Å². The molecule has 0 aliphatic carbocycles. The minimum Gasteiger partial charge on any atom is -0.341 e. The quantitative estimate of drug-likeness (QED) is 0.785.